The first-order valence-corrected chi connectivity index (χ1v) is 6.09. The van der Waals surface area contributed by atoms with Crippen LogP contribution < -0.4 is 5.32 Å². The van der Waals surface area contributed by atoms with Gasteiger partial charge in [-0.3, -0.25) is 5.32 Å². The maximum Gasteiger partial charge on any atom is 0.422 e. The van der Waals surface area contributed by atoms with E-state index >= 15 is 0 Å². The number of carbonyl (C=O) groups excluding carboxylic acids is 2. The zero-order valence-electron chi connectivity index (χ0n) is 11.2. The van der Waals surface area contributed by atoms with Crippen molar-refractivity contribution in [3.05, 3.63) is 29.8 Å². The molecule has 0 aromatic heterocycles. The quantitative estimate of drug-likeness (QED) is 0.847. The molecule has 0 heterocycles. The molecule has 5 nitrogen and oxygen atoms in total. The molecule has 116 valence electrons. The van der Waals surface area contributed by atoms with Crippen LogP contribution >= 0.6 is 0 Å². The van der Waals surface area contributed by atoms with E-state index in [2.05, 4.69) is 10.1 Å². The van der Waals surface area contributed by atoms with Gasteiger partial charge in [-0.2, -0.15) is 13.2 Å². The highest BCUT2D eigenvalue weighted by molar-refractivity contribution is 5.91. The minimum atomic E-state index is -4.58. The molecule has 0 aliphatic carbocycles. The van der Waals surface area contributed by atoms with Crippen molar-refractivity contribution < 1.29 is 32.2 Å². The zero-order valence-corrected chi connectivity index (χ0v) is 11.2. The van der Waals surface area contributed by atoms with E-state index in [1.54, 1.807) is 0 Å². The van der Waals surface area contributed by atoms with Crippen LogP contribution in [0.5, 0.6) is 0 Å². The van der Waals surface area contributed by atoms with Crippen LogP contribution in [0.15, 0.2) is 24.3 Å². The maximum absolute atomic E-state index is 11.8. The van der Waals surface area contributed by atoms with Crippen molar-refractivity contribution >= 4 is 17.7 Å². The first-order valence-electron chi connectivity index (χ1n) is 6.09. The third-order valence-corrected chi connectivity index (χ3v) is 2.17. The van der Waals surface area contributed by atoms with E-state index in [0.29, 0.717) is 13.0 Å². The van der Waals surface area contributed by atoms with Crippen LogP contribution in [0, 0.1) is 0 Å². The van der Waals surface area contributed by atoms with Crippen LogP contribution in [0.2, 0.25) is 0 Å². The summed E-state index contributed by atoms with van der Waals surface area (Å²) in [7, 11) is 0. The molecule has 1 rings (SSSR count). The molecular weight excluding hydrogens is 291 g/mol. The maximum atomic E-state index is 11.8. The normalized spacial score (nSPS) is 10.9. The summed E-state index contributed by atoms with van der Waals surface area (Å²) in [4.78, 5) is 22.6. The van der Waals surface area contributed by atoms with Crippen LogP contribution in [-0.4, -0.2) is 31.5 Å². The van der Waals surface area contributed by atoms with Gasteiger partial charge in [-0.25, -0.2) is 9.59 Å². The molecule has 0 saturated carbocycles. The lowest BCUT2D eigenvalue weighted by Crippen LogP contribution is -2.23. The summed E-state index contributed by atoms with van der Waals surface area (Å²) < 4.78 is 44.4. The van der Waals surface area contributed by atoms with E-state index in [1.165, 1.54) is 24.3 Å². The summed E-state index contributed by atoms with van der Waals surface area (Å²) in [5.41, 5.74) is 0.479. The molecule has 21 heavy (non-hydrogen) atoms. The lowest BCUT2D eigenvalue weighted by molar-refractivity contribution is -0.159. The lowest BCUT2D eigenvalue weighted by atomic mass is 10.2. The number of nitrogens with one attached hydrogen (secondary N) is 1. The van der Waals surface area contributed by atoms with Crippen LogP contribution in [0.3, 0.4) is 0 Å². The molecule has 0 aliphatic heterocycles. The van der Waals surface area contributed by atoms with Gasteiger partial charge >= 0.3 is 18.2 Å². The fourth-order valence-electron chi connectivity index (χ4n) is 1.27. The van der Waals surface area contributed by atoms with Crippen molar-refractivity contribution in [2.75, 3.05) is 18.5 Å². The topological polar surface area (TPSA) is 64.6 Å². The Morgan fingerprint density at radius 3 is 2.29 bits per heavy atom. The molecule has 1 aromatic carbocycles. The number of benzene rings is 1. The van der Waals surface area contributed by atoms with Gasteiger partial charge in [-0.1, -0.05) is 6.92 Å². The molecule has 0 bridgehead atoms. The molecule has 1 aromatic rings. The van der Waals surface area contributed by atoms with Gasteiger partial charge in [0.2, 0.25) is 0 Å². The predicted octanol–water partition coefficient (Wildman–Crippen LogP) is 3.36. The van der Waals surface area contributed by atoms with Gasteiger partial charge in [0.05, 0.1) is 12.2 Å². The van der Waals surface area contributed by atoms with Crippen LogP contribution in [-0.2, 0) is 9.47 Å². The second kappa shape index (κ2) is 7.51. The number of carbonyl (C=O) groups is 2. The minimum absolute atomic E-state index is 0.203. The highest BCUT2D eigenvalue weighted by Gasteiger charge is 2.29. The number of halogens is 3. The molecule has 0 saturated heterocycles. The molecule has 0 fully saturated rings. The Bertz CT molecular complexity index is 485. The van der Waals surface area contributed by atoms with E-state index in [-0.39, 0.29) is 11.3 Å². The van der Waals surface area contributed by atoms with Gasteiger partial charge < -0.3 is 9.47 Å². The molecule has 0 radical (unpaired) electrons. The van der Waals surface area contributed by atoms with E-state index < -0.39 is 24.8 Å². The van der Waals surface area contributed by atoms with Crippen molar-refractivity contribution in [3.8, 4) is 0 Å². The average molecular weight is 305 g/mol. The first kappa shape index (κ1) is 16.8. The van der Waals surface area contributed by atoms with E-state index in [9.17, 15) is 22.8 Å². The van der Waals surface area contributed by atoms with E-state index in [0.717, 1.165) is 0 Å². The third-order valence-electron chi connectivity index (χ3n) is 2.17. The second-order valence-electron chi connectivity index (χ2n) is 4.03. The fourth-order valence-corrected chi connectivity index (χ4v) is 1.27. The number of hydrogen-bond donors (Lipinski definition) is 1. The van der Waals surface area contributed by atoms with Crippen LogP contribution in [0.4, 0.5) is 23.7 Å². The summed E-state index contributed by atoms with van der Waals surface area (Å²) >= 11 is 0. The van der Waals surface area contributed by atoms with Crippen LogP contribution in [0.25, 0.3) is 0 Å². The monoisotopic (exact) mass is 305 g/mol. The number of amides is 1. The third kappa shape index (κ3) is 6.64. The van der Waals surface area contributed by atoms with Crippen molar-refractivity contribution in [1.29, 1.82) is 0 Å². The van der Waals surface area contributed by atoms with Crippen molar-refractivity contribution in [1.82, 2.24) is 0 Å². The Hall–Kier alpha value is -2.25. The van der Waals surface area contributed by atoms with Crippen molar-refractivity contribution in [3.63, 3.8) is 0 Å². The predicted molar refractivity (Wildman–Crippen MR) is 68.0 cm³/mol. The summed E-state index contributed by atoms with van der Waals surface area (Å²) in [6.07, 6.45) is -5.12. The van der Waals surface area contributed by atoms with E-state index in [1.807, 2.05) is 6.92 Å². The Kier molecular flexibility index (Phi) is 6.01. The van der Waals surface area contributed by atoms with Gasteiger partial charge in [0.25, 0.3) is 0 Å². The average Bonchev–Trinajstić information content (AvgIpc) is 2.42. The fraction of sp³-hybridized carbons (Fsp3) is 0.385. The van der Waals surface area contributed by atoms with Crippen molar-refractivity contribution in [2.45, 2.75) is 19.5 Å². The molecule has 1 N–H and O–H groups in total. The molecule has 0 unspecified atom stereocenters. The van der Waals surface area contributed by atoms with Gasteiger partial charge in [-0.15, -0.1) is 0 Å². The largest absolute Gasteiger partial charge is 0.462 e. The highest BCUT2D eigenvalue weighted by atomic mass is 19.4. The number of anilines is 1. The van der Waals surface area contributed by atoms with E-state index in [4.69, 9.17) is 4.74 Å². The van der Waals surface area contributed by atoms with Crippen LogP contribution in [0.1, 0.15) is 23.7 Å². The molecule has 0 spiro atoms. The first-order chi connectivity index (χ1) is 9.81. The molecular formula is C13H14F3NO4. The number of esters is 1. The Morgan fingerprint density at radius 1 is 1.14 bits per heavy atom. The van der Waals surface area contributed by atoms with Gasteiger partial charge in [-0.05, 0) is 30.7 Å². The van der Waals surface area contributed by atoms with Gasteiger partial charge in [0.1, 0.15) is 0 Å². The summed E-state index contributed by atoms with van der Waals surface area (Å²) in [6.45, 7) is 0.482. The Balaban J connectivity index is 2.51. The highest BCUT2D eigenvalue weighted by Crippen LogP contribution is 2.15. The SMILES string of the molecule is CCCOC(=O)c1ccc(NC(=O)OCC(F)(F)F)cc1. The Morgan fingerprint density at radius 2 is 1.76 bits per heavy atom. The summed E-state index contributed by atoms with van der Waals surface area (Å²) in [5.74, 6) is -0.511. The lowest BCUT2D eigenvalue weighted by Gasteiger charge is -2.09. The standard InChI is InChI=1S/C13H14F3NO4/c1-2-7-20-11(18)9-3-5-10(6-4-9)17-12(19)21-8-13(14,15)16/h3-6H,2,7-8H2,1H3,(H,17,19). The smallest absolute Gasteiger partial charge is 0.422 e. The molecule has 1 amide bonds. The number of rotatable bonds is 5. The molecule has 0 atom stereocenters. The number of hydrogen-bond acceptors (Lipinski definition) is 4. The second-order valence-corrected chi connectivity index (χ2v) is 4.03. The van der Waals surface area contributed by atoms with Crippen molar-refractivity contribution in [2.24, 2.45) is 0 Å². The Labute approximate surface area is 119 Å². The molecule has 0 aliphatic rings. The summed E-state index contributed by atoms with van der Waals surface area (Å²) in [6, 6.07) is 5.49. The minimum Gasteiger partial charge on any atom is -0.462 e. The number of ether oxygens (including phenoxy) is 2. The summed E-state index contributed by atoms with van der Waals surface area (Å²) in [5, 5.41) is 2.11. The zero-order chi connectivity index (χ0) is 15.9. The molecule has 8 heteroatoms. The van der Waals surface area contributed by atoms with Gasteiger partial charge in [0, 0.05) is 5.69 Å². The number of alkyl halides is 3. The van der Waals surface area contributed by atoms with Gasteiger partial charge in [0.15, 0.2) is 6.61 Å².